The van der Waals surface area contributed by atoms with Crippen LogP contribution >= 0.6 is 0 Å². The molecule has 0 radical (unpaired) electrons. The van der Waals surface area contributed by atoms with Gasteiger partial charge < -0.3 is 5.32 Å². The molecular formula is C17H28N2. The van der Waals surface area contributed by atoms with E-state index in [1.807, 2.05) is 0 Å². The quantitative estimate of drug-likeness (QED) is 0.874. The molecule has 1 aliphatic rings. The minimum Gasteiger partial charge on any atom is -0.313 e. The fourth-order valence-electron chi connectivity index (χ4n) is 2.79. The van der Waals surface area contributed by atoms with Gasteiger partial charge in [-0.3, -0.25) is 4.90 Å². The fraction of sp³-hybridized carbons (Fsp3) is 0.647. The standard InChI is InChI=1S/C17H28N2/c1-13(2)19(12-17-6-5-9-18-17)11-16-8-7-14(3)15(4)10-16/h7-8,10,13,17-18H,5-6,9,11-12H2,1-4H3. The van der Waals surface area contributed by atoms with Crippen LogP contribution in [0.2, 0.25) is 0 Å². The molecule has 1 heterocycles. The average molecular weight is 260 g/mol. The highest BCUT2D eigenvalue weighted by molar-refractivity contribution is 5.29. The number of rotatable bonds is 5. The fourth-order valence-corrected chi connectivity index (χ4v) is 2.79. The van der Waals surface area contributed by atoms with E-state index >= 15 is 0 Å². The predicted octanol–water partition coefficient (Wildman–Crippen LogP) is 3.27. The van der Waals surface area contributed by atoms with Crippen LogP contribution in [0.1, 0.15) is 43.4 Å². The van der Waals surface area contributed by atoms with Crippen molar-refractivity contribution >= 4 is 0 Å². The Morgan fingerprint density at radius 3 is 2.63 bits per heavy atom. The summed E-state index contributed by atoms with van der Waals surface area (Å²) in [5.74, 6) is 0. The van der Waals surface area contributed by atoms with Gasteiger partial charge in [0.05, 0.1) is 0 Å². The van der Waals surface area contributed by atoms with E-state index < -0.39 is 0 Å². The van der Waals surface area contributed by atoms with Gasteiger partial charge >= 0.3 is 0 Å². The molecular weight excluding hydrogens is 232 g/mol. The van der Waals surface area contributed by atoms with Crippen LogP contribution in [0.3, 0.4) is 0 Å². The summed E-state index contributed by atoms with van der Waals surface area (Å²) < 4.78 is 0. The van der Waals surface area contributed by atoms with Crippen LogP contribution in [0.5, 0.6) is 0 Å². The van der Waals surface area contributed by atoms with Crippen molar-refractivity contribution in [3.8, 4) is 0 Å². The monoisotopic (exact) mass is 260 g/mol. The Morgan fingerprint density at radius 2 is 2.05 bits per heavy atom. The summed E-state index contributed by atoms with van der Waals surface area (Å²) in [6, 6.07) is 8.15. The van der Waals surface area contributed by atoms with Gasteiger partial charge in [0.15, 0.2) is 0 Å². The van der Waals surface area contributed by atoms with Crippen molar-refractivity contribution < 1.29 is 0 Å². The largest absolute Gasteiger partial charge is 0.313 e. The van der Waals surface area contributed by atoms with Gasteiger partial charge in [0, 0.05) is 25.2 Å². The minimum absolute atomic E-state index is 0.601. The molecule has 0 amide bonds. The van der Waals surface area contributed by atoms with Crippen molar-refractivity contribution in [1.82, 2.24) is 10.2 Å². The molecule has 1 unspecified atom stereocenters. The maximum Gasteiger partial charge on any atom is 0.0237 e. The number of aryl methyl sites for hydroxylation is 2. The molecule has 0 aliphatic carbocycles. The molecule has 1 aromatic rings. The van der Waals surface area contributed by atoms with Gasteiger partial charge in [0.25, 0.3) is 0 Å². The van der Waals surface area contributed by atoms with Gasteiger partial charge in [-0.05, 0) is 63.8 Å². The molecule has 19 heavy (non-hydrogen) atoms. The third-order valence-corrected chi connectivity index (χ3v) is 4.30. The van der Waals surface area contributed by atoms with Gasteiger partial charge in [-0.25, -0.2) is 0 Å². The lowest BCUT2D eigenvalue weighted by molar-refractivity contribution is 0.194. The Kier molecular flexibility index (Phi) is 5.00. The number of benzene rings is 1. The summed E-state index contributed by atoms with van der Waals surface area (Å²) in [5, 5.41) is 3.61. The molecule has 1 N–H and O–H groups in total. The summed E-state index contributed by atoms with van der Waals surface area (Å²) in [7, 11) is 0. The van der Waals surface area contributed by atoms with Crippen LogP contribution in [0.15, 0.2) is 18.2 Å². The van der Waals surface area contributed by atoms with Gasteiger partial charge in [0.1, 0.15) is 0 Å². The van der Waals surface area contributed by atoms with E-state index in [1.165, 1.54) is 42.6 Å². The molecule has 2 rings (SSSR count). The zero-order chi connectivity index (χ0) is 13.8. The van der Waals surface area contributed by atoms with E-state index in [2.05, 4.69) is 56.1 Å². The Morgan fingerprint density at radius 1 is 1.26 bits per heavy atom. The first kappa shape index (κ1) is 14.5. The average Bonchev–Trinajstić information content (AvgIpc) is 2.86. The lowest BCUT2D eigenvalue weighted by Crippen LogP contribution is -2.40. The second-order valence-electron chi connectivity index (χ2n) is 6.24. The lowest BCUT2D eigenvalue weighted by Gasteiger charge is -2.29. The van der Waals surface area contributed by atoms with Crippen molar-refractivity contribution in [2.24, 2.45) is 0 Å². The highest BCUT2D eigenvalue weighted by Crippen LogP contribution is 2.15. The third-order valence-electron chi connectivity index (χ3n) is 4.30. The van der Waals surface area contributed by atoms with Crippen LogP contribution in [0.25, 0.3) is 0 Å². The van der Waals surface area contributed by atoms with E-state index in [0.717, 1.165) is 6.54 Å². The molecule has 2 heteroatoms. The van der Waals surface area contributed by atoms with E-state index in [-0.39, 0.29) is 0 Å². The van der Waals surface area contributed by atoms with Crippen molar-refractivity contribution in [3.05, 3.63) is 34.9 Å². The summed E-state index contributed by atoms with van der Waals surface area (Å²) >= 11 is 0. The summed E-state index contributed by atoms with van der Waals surface area (Å²) in [4.78, 5) is 2.59. The van der Waals surface area contributed by atoms with Crippen molar-refractivity contribution in [3.63, 3.8) is 0 Å². The van der Waals surface area contributed by atoms with Crippen LogP contribution in [-0.4, -0.2) is 30.1 Å². The van der Waals surface area contributed by atoms with E-state index in [0.29, 0.717) is 12.1 Å². The normalized spacial score (nSPS) is 19.6. The zero-order valence-corrected chi connectivity index (χ0v) is 12.9. The topological polar surface area (TPSA) is 15.3 Å². The maximum absolute atomic E-state index is 3.61. The zero-order valence-electron chi connectivity index (χ0n) is 12.9. The molecule has 1 atom stereocenters. The van der Waals surface area contributed by atoms with Gasteiger partial charge in [0.2, 0.25) is 0 Å². The molecule has 0 saturated carbocycles. The van der Waals surface area contributed by atoms with Gasteiger partial charge in [-0.1, -0.05) is 18.2 Å². The van der Waals surface area contributed by atoms with E-state index in [9.17, 15) is 0 Å². The van der Waals surface area contributed by atoms with Gasteiger partial charge in [-0.2, -0.15) is 0 Å². The highest BCUT2D eigenvalue weighted by Gasteiger charge is 2.19. The molecule has 0 spiro atoms. The van der Waals surface area contributed by atoms with Crippen molar-refractivity contribution in [1.29, 1.82) is 0 Å². The number of nitrogens with one attached hydrogen (secondary N) is 1. The molecule has 1 saturated heterocycles. The Labute approximate surface area is 118 Å². The van der Waals surface area contributed by atoms with Crippen LogP contribution in [-0.2, 0) is 6.54 Å². The Hall–Kier alpha value is -0.860. The second kappa shape index (κ2) is 6.53. The molecule has 1 fully saturated rings. The maximum atomic E-state index is 3.61. The molecule has 2 nitrogen and oxygen atoms in total. The summed E-state index contributed by atoms with van der Waals surface area (Å²) in [6.45, 7) is 12.4. The minimum atomic E-state index is 0.601. The molecule has 1 aliphatic heterocycles. The Balaban J connectivity index is 2.00. The molecule has 0 aromatic heterocycles. The smallest absolute Gasteiger partial charge is 0.0237 e. The van der Waals surface area contributed by atoms with Crippen LogP contribution < -0.4 is 5.32 Å². The van der Waals surface area contributed by atoms with Crippen molar-refractivity contribution in [2.75, 3.05) is 13.1 Å². The summed E-state index contributed by atoms with van der Waals surface area (Å²) in [5.41, 5.74) is 4.23. The van der Waals surface area contributed by atoms with E-state index in [1.54, 1.807) is 0 Å². The van der Waals surface area contributed by atoms with E-state index in [4.69, 9.17) is 0 Å². The molecule has 1 aromatic carbocycles. The lowest BCUT2D eigenvalue weighted by atomic mass is 10.1. The van der Waals surface area contributed by atoms with Crippen molar-refractivity contribution in [2.45, 2.75) is 59.2 Å². The first-order valence-corrected chi connectivity index (χ1v) is 7.60. The first-order valence-electron chi connectivity index (χ1n) is 7.60. The number of hydrogen-bond donors (Lipinski definition) is 1. The third kappa shape index (κ3) is 4.05. The highest BCUT2D eigenvalue weighted by atomic mass is 15.2. The number of hydrogen-bond acceptors (Lipinski definition) is 2. The SMILES string of the molecule is Cc1ccc(CN(CC2CCCN2)C(C)C)cc1C. The number of nitrogens with zero attached hydrogens (tertiary/aromatic N) is 1. The van der Waals surface area contributed by atoms with Crippen LogP contribution in [0, 0.1) is 13.8 Å². The summed E-state index contributed by atoms with van der Waals surface area (Å²) in [6.07, 6.45) is 2.66. The van der Waals surface area contributed by atoms with Crippen LogP contribution in [0.4, 0.5) is 0 Å². The Bertz CT molecular complexity index is 406. The first-order chi connectivity index (χ1) is 9.06. The second-order valence-corrected chi connectivity index (χ2v) is 6.24. The molecule has 106 valence electrons. The van der Waals surface area contributed by atoms with Gasteiger partial charge in [-0.15, -0.1) is 0 Å². The molecule has 0 bridgehead atoms. The predicted molar refractivity (Wildman–Crippen MR) is 82.5 cm³/mol.